The van der Waals surface area contributed by atoms with Gasteiger partial charge in [0.1, 0.15) is 0 Å². The Morgan fingerprint density at radius 3 is 2.43 bits per heavy atom. The van der Waals surface area contributed by atoms with Gasteiger partial charge in [-0.15, -0.1) is 0 Å². The summed E-state index contributed by atoms with van der Waals surface area (Å²) in [5, 5.41) is 18.9. The van der Waals surface area contributed by atoms with Gasteiger partial charge in [0.15, 0.2) is 0 Å². The van der Waals surface area contributed by atoms with Gasteiger partial charge in [-0.1, -0.05) is 30.3 Å². The Labute approximate surface area is 133 Å². The third kappa shape index (κ3) is 5.10. The van der Waals surface area contributed by atoms with Gasteiger partial charge in [-0.3, -0.25) is 4.99 Å². The van der Waals surface area contributed by atoms with Crippen LogP contribution in [0.1, 0.15) is 17.5 Å². The van der Waals surface area contributed by atoms with Crippen molar-refractivity contribution in [2.24, 2.45) is 4.99 Å². The Bertz CT molecular complexity index is 653. The Kier molecular flexibility index (Phi) is 5.68. The van der Waals surface area contributed by atoms with Crippen molar-refractivity contribution in [3.63, 3.8) is 0 Å². The molecule has 3 rings (SSSR count). The van der Waals surface area contributed by atoms with Gasteiger partial charge < -0.3 is 15.5 Å². The molecular formula is C17H18N2O4. The van der Waals surface area contributed by atoms with Crippen molar-refractivity contribution < 1.29 is 19.8 Å². The third-order valence-corrected chi connectivity index (χ3v) is 3.55. The maximum Gasteiger partial charge on any atom is 0.328 e. The molecule has 0 saturated heterocycles. The first-order valence-corrected chi connectivity index (χ1v) is 7.23. The summed E-state index contributed by atoms with van der Waals surface area (Å²) < 4.78 is 0. The number of carbonyl (C=O) groups is 2. The summed E-state index contributed by atoms with van der Waals surface area (Å²) in [6.07, 6.45) is 7.60. The van der Waals surface area contributed by atoms with Crippen molar-refractivity contribution >= 4 is 24.4 Å². The molecule has 0 amide bonds. The fourth-order valence-electron chi connectivity index (χ4n) is 2.45. The number of aryl methyl sites for hydroxylation is 1. The SMILES string of the molecule is C1=NCC(C2=Cc3ccccc3CC2)N1.O=C(O)/C=C/C(=O)O. The lowest BCUT2D eigenvalue weighted by molar-refractivity contribution is -0.134. The van der Waals surface area contributed by atoms with Crippen LogP contribution in [-0.2, 0) is 16.0 Å². The van der Waals surface area contributed by atoms with Crippen LogP contribution in [0.2, 0.25) is 0 Å². The van der Waals surface area contributed by atoms with Crippen LogP contribution in [0.5, 0.6) is 0 Å². The second kappa shape index (κ2) is 7.93. The highest BCUT2D eigenvalue weighted by atomic mass is 16.4. The molecule has 1 aliphatic carbocycles. The number of hydrogen-bond acceptors (Lipinski definition) is 4. The lowest BCUT2D eigenvalue weighted by atomic mass is 9.89. The quantitative estimate of drug-likeness (QED) is 0.738. The molecule has 2 aliphatic rings. The van der Waals surface area contributed by atoms with Crippen molar-refractivity contribution in [1.29, 1.82) is 0 Å². The van der Waals surface area contributed by atoms with Crippen molar-refractivity contribution in [3.05, 3.63) is 53.1 Å². The smallest absolute Gasteiger partial charge is 0.328 e. The number of hydrogen-bond donors (Lipinski definition) is 3. The van der Waals surface area contributed by atoms with Crippen LogP contribution in [0.15, 0.2) is 47.0 Å². The van der Waals surface area contributed by atoms with Crippen molar-refractivity contribution in [2.45, 2.75) is 18.9 Å². The van der Waals surface area contributed by atoms with E-state index in [9.17, 15) is 9.59 Å². The summed E-state index contributed by atoms with van der Waals surface area (Å²) in [6, 6.07) is 9.09. The monoisotopic (exact) mass is 314 g/mol. The minimum Gasteiger partial charge on any atom is -0.478 e. The van der Waals surface area contributed by atoms with Gasteiger partial charge in [0.2, 0.25) is 0 Å². The highest BCUT2D eigenvalue weighted by molar-refractivity contribution is 5.89. The van der Waals surface area contributed by atoms with Crippen LogP contribution < -0.4 is 5.32 Å². The van der Waals surface area contributed by atoms with Gasteiger partial charge in [-0.25, -0.2) is 9.59 Å². The molecule has 120 valence electrons. The average molecular weight is 314 g/mol. The standard InChI is InChI=1S/C13H14N2.C4H4O4/c1-2-4-11-7-12(6-5-10(11)3-1)13-8-14-9-15-13;5-3(6)1-2-4(7)8/h1-4,7,9,13H,5-6,8H2,(H,14,15);1-2H,(H,5,6)(H,7,8)/b;2-1+. The molecule has 6 heteroatoms. The number of aliphatic carboxylic acids is 2. The lowest BCUT2D eigenvalue weighted by Gasteiger charge is -2.20. The molecule has 23 heavy (non-hydrogen) atoms. The lowest BCUT2D eigenvalue weighted by Crippen LogP contribution is -2.28. The first-order valence-electron chi connectivity index (χ1n) is 7.23. The van der Waals surface area contributed by atoms with Crippen LogP contribution in [-0.4, -0.2) is 41.1 Å². The number of benzene rings is 1. The summed E-state index contributed by atoms with van der Waals surface area (Å²) in [6.45, 7) is 0.897. The number of nitrogens with one attached hydrogen (secondary N) is 1. The zero-order chi connectivity index (χ0) is 16.7. The van der Waals surface area contributed by atoms with Crippen LogP contribution in [0.3, 0.4) is 0 Å². The molecule has 1 atom stereocenters. The van der Waals surface area contributed by atoms with E-state index in [1.165, 1.54) is 23.1 Å². The normalized spacial score (nSPS) is 18.4. The first-order chi connectivity index (χ1) is 11.1. The summed E-state index contributed by atoms with van der Waals surface area (Å²) >= 11 is 0. The number of carboxylic acid groups (broad SMARTS) is 2. The molecule has 1 aromatic carbocycles. The summed E-state index contributed by atoms with van der Waals surface area (Å²) in [5.41, 5.74) is 4.35. The Morgan fingerprint density at radius 1 is 1.13 bits per heavy atom. The highest BCUT2D eigenvalue weighted by Gasteiger charge is 2.19. The molecule has 1 aliphatic heterocycles. The first kappa shape index (κ1) is 16.5. The van der Waals surface area contributed by atoms with E-state index in [4.69, 9.17) is 10.2 Å². The third-order valence-electron chi connectivity index (χ3n) is 3.55. The molecule has 3 N–H and O–H groups in total. The van der Waals surface area contributed by atoms with Crippen LogP contribution in [0.4, 0.5) is 0 Å². The van der Waals surface area contributed by atoms with E-state index in [0.717, 1.165) is 13.0 Å². The van der Waals surface area contributed by atoms with E-state index < -0.39 is 11.9 Å². The fourth-order valence-corrected chi connectivity index (χ4v) is 2.45. The second-order valence-electron chi connectivity index (χ2n) is 5.14. The van der Waals surface area contributed by atoms with Gasteiger partial charge in [0.25, 0.3) is 0 Å². The molecule has 1 heterocycles. The Morgan fingerprint density at radius 2 is 1.83 bits per heavy atom. The van der Waals surface area contributed by atoms with Crippen LogP contribution in [0, 0.1) is 0 Å². The van der Waals surface area contributed by atoms with Crippen molar-refractivity contribution in [2.75, 3.05) is 6.54 Å². The maximum absolute atomic E-state index is 9.55. The maximum atomic E-state index is 9.55. The second-order valence-corrected chi connectivity index (χ2v) is 5.14. The highest BCUT2D eigenvalue weighted by Crippen LogP contribution is 2.26. The van der Waals surface area contributed by atoms with Crippen molar-refractivity contribution in [1.82, 2.24) is 5.32 Å². The molecule has 0 saturated carbocycles. The number of carboxylic acids is 2. The zero-order valence-corrected chi connectivity index (χ0v) is 12.5. The molecule has 0 fully saturated rings. The zero-order valence-electron chi connectivity index (χ0n) is 12.5. The molecule has 1 aromatic rings. The van der Waals surface area contributed by atoms with E-state index >= 15 is 0 Å². The molecule has 6 nitrogen and oxygen atoms in total. The topological polar surface area (TPSA) is 99.0 Å². The van der Waals surface area contributed by atoms with Gasteiger partial charge >= 0.3 is 11.9 Å². The average Bonchev–Trinajstić information content (AvgIpc) is 3.07. The molecule has 1 unspecified atom stereocenters. The molecule has 0 aromatic heterocycles. The Hall–Kier alpha value is -2.89. The van der Waals surface area contributed by atoms with Gasteiger partial charge in [0, 0.05) is 12.2 Å². The van der Waals surface area contributed by atoms with E-state index in [2.05, 4.69) is 40.7 Å². The molecule has 0 bridgehead atoms. The largest absolute Gasteiger partial charge is 0.478 e. The number of rotatable bonds is 3. The minimum absolute atomic E-state index is 0.443. The predicted molar refractivity (Wildman–Crippen MR) is 87.4 cm³/mol. The van der Waals surface area contributed by atoms with Crippen molar-refractivity contribution in [3.8, 4) is 0 Å². The minimum atomic E-state index is -1.26. The fraction of sp³-hybridized carbons (Fsp3) is 0.235. The van der Waals surface area contributed by atoms with Gasteiger partial charge in [-0.2, -0.15) is 0 Å². The van der Waals surface area contributed by atoms with Gasteiger partial charge in [0.05, 0.1) is 18.9 Å². The van der Waals surface area contributed by atoms with Gasteiger partial charge in [-0.05, 0) is 29.5 Å². The summed E-state index contributed by atoms with van der Waals surface area (Å²) in [4.78, 5) is 23.3. The van der Waals surface area contributed by atoms with E-state index in [0.29, 0.717) is 18.2 Å². The van der Waals surface area contributed by atoms with E-state index in [-0.39, 0.29) is 0 Å². The molecule has 0 radical (unpaired) electrons. The molecular weight excluding hydrogens is 296 g/mol. The summed E-state index contributed by atoms with van der Waals surface area (Å²) in [5.74, 6) is -2.51. The Balaban J connectivity index is 0.000000207. The predicted octanol–water partition coefficient (Wildman–Crippen LogP) is 1.73. The van der Waals surface area contributed by atoms with Crippen LogP contribution >= 0.6 is 0 Å². The number of fused-ring (bicyclic) bond motifs is 1. The van der Waals surface area contributed by atoms with E-state index in [1.807, 2.05) is 6.34 Å². The number of aliphatic imine (C=N–C) groups is 1. The van der Waals surface area contributed by atoms with Crippen LogP contribution in [0.25, 0.3) is 6.08 Å². The van der Waals surface area contributed by atoms with E-state index in [1.54, 1.807) is 0 Å². The summed E-state index contributed by atoms with van der Waals surface area (Å²) in [7, 11) is 0. The number of nitrogens with zero attached hydrogens (tertiary/aromatic N) is 1. The molecule has 0 spiro atoms.